The topological polar surface area (TPSA) is 13.1 Å². The second-order valence-corrected chi connectivity index (χ2v) is 2.37. The summed E-state index contributed by atoms with van der Waals surface area (Å²) in [6, 6.07) is 1.84. The SMILES string of the molecule is C=C(Br)c1ccoc1. The van der Waals surface area contributed by atoms with E-state index in [4.69, 9.17) is 4.42 Å². The Hall–Kier alpha value is -0.500. The first-order chi connectivity index (χ1) is 3.80. The van der Waals surface area contributed by atoms with Gasteiger partial charge in [-0.25, -0.2) is 0 Å². The maximum absolute atomic E-state index is 4.78. The van der Waals surface area contributed by atoms with Crippen LogP contribution in [0.25, 0.3) is 4.48 Å². The van der Waals surface area contributed by atoms with E-state index in [9.17, 15) is 0 Å². The second-order valence-electron chi connectivity index (χ2n) is 1.42. The first kappa shape index (κ1) is 5.63. The Morgan fingerprint density at radius 2 is 2.50 bits per heavy atom. The van der Waals surface area contributed by atoms with Crippen molar-refractivity contribution in [2.24, 2.45) is 0 Å². The van der Waals surface area contributed by atoms with Crippen molar-refractivity contribution in [3.63, 3.8) is 0 Å². The van der Waals surface area contributed by atoms with Gasteiger partial charge >= 0.3 is 0 Å². The molecule has 0 atom stereocenters. The summed E-state index contributed by atoms with van der Waals surface area (Å²) in [7, 11) is 0. The molecule has 42 valence electrons. The highest BCUT2D eigenvalue weighted by molar-refractivity contribution is 9.15. The van der Waals surface area contributed by atoms with Crippen LogP contribution in [0.3, 0.4) is 0 Å². The fourth-order valence-electron chi connectivity index (χ4n) is 0.419. The van der Waals surface area contributed by atoms with Gasteiger partial charge in [-0.3, -0.25) is 0 Å². The molecule has 1 nitrogen and oxygen atoms in total. The summed E-state index contributed by atoms with van der Waals surface area (Å²) in [6.45, 7) is 3.65. The molecular weight excluding hydrogens is 168 g/mol. The molecule has 0 aliphatic rings. The zero-order valence-corrected chi connectivity index (χ0v) is 5.81. The average molecular weight is 173 g/mol. The van der Waals surface area contributed by atoms with Gasteiger partial charge in [0.25, 0.3) is 0 Å². The molecular formula is C6H5BrO. The lowest BCUT2D eigenvalue weighted by atomic mass is 10.3. The third kappa shape index (κ3) is 1.01. The van der Waals surface area contributed by atoms with Crippen molar-refractivity contribution in [3.05, 3.63) is 30.7 Å². The van der Waals surface area contributed by atoms with Crippen LogP contribution in [-0.4, -0.2) is 0 Å². The molecule has 1 rings (SSSR count). The lowest BCUT2D eigenvalue weighted by Crippen LogP contribution is -1.60. The van der Waals surface area contributed by atoms with E-state index < -0.39 is 0 Å². The van der Waals surface area contributed by atoms with Gasteiger partial charge in [-0.1, -0.05) is 22.5 Å². The highest BCUT2D eigenvalue weighted by Crippen LogP contribution is 2.17. The van der Waals surface area contributed by atoms with Crippen LogP contribution in [0, 0.1) is 0 Å². The van der Waals surface area contributed by atoms with Crippen molar-refractivity contribution < 1.29 is 4.42 Å². The van der Waals surface area contributed by atoms with E-state index in [2.05, 4.69) is 22.5 Å². The molecule has 0 fully saturated rings. The molecule has 0 bridgehead atoms. The van der Waals surface area contributed by atoms with E-state index in [0.717, 1.165) is 10.0 Å². The summed E-state index contributed by atoms with van der Waals surface area (Å²) >= 11 is 3.21. The van der Waals surface area contributed by atoms with Crippen LogP contribution in [0.1, 0.15) is 5.56 Å². The molecule has 0 aliphatic carbocycles. The van der Waals surface area contributed by atoms with E-state index in [0.29, 0.717) is 0 Å². The molecule has 0 N–H and O–H groups in total. The number of halogens is 1. The maximum atomic E-state index is 4.78. The van der Waals surface area contributed by atoms with Crippen molar-refractivity contribution in [1.29, 1.82) is 0 Å². The van der Waals surface area contributed by atoms with E-state index in [1.807, 2.05) is 6.07 Å². The molecule has 0 aromatic carbocycles. The van der Waals surface area contributed by atoms with Gasteiger partial charge in [0, 0.05) is 10.0 Å². The Labute approximate surface area is 56.1 Å². The van der Waals surface area contributed by atoms with Crippen LogP contribution in [0.15, 0.2) is 29.6 Å². The van der Waals surface area contributed by atoms with Crippen LogP contribution >= 0.6 is 15.9 Å². The summed E-state index contributed by atoms with van der Waals surface area (Å²) in [5.41, 5.74) is 0.991. The molecule has 0 amide bonds. The molecule has 8 heavy (non-hydrogen) atoms. The van der Waals surface area contributed by atoms with Crippen LogP contribution in [0.5, 0.6) is 0 Å². The summed E-state index contributed by atoms with van der Waals surface area (Å²) in [5, 5.41) is 0. The smallest absolute Gasteiger partial charge is 0.0986 e. The van der Waals surface area contributed by atoms with E-state index >= 15 is 0 Å². The molecule has 1 aromatic rings. The minimum absolute atomic E-state index is 0.853. The van der Waals surface area contributed by atoms with E-state index in [1.54, 1.807) is 12.5 Å². The van der Waals surface area contributed by atoms with Crippen molar-refractivity contribution in [2.45, 2.75) is 0 Å². The van der Waals surface area contributed by atoms with Gasteiger partial charge < -0.3 is 4.42 Å². The zero-order valence-electron chi connectivity index (χ0n) is 4.23. The number of rotatable bonds is 1. The van der Waals surface area contributed by atoms with Crippen molar-refractivity contribution in [2.75, 3.05) is 0 Å². The van der Waals surface area contributed by atoms with Gasteiger partial charge in [0.2, 0.25) is 0 Å². The molecule has 2 heteroatoms. The van der Waals surface area contributed by atoms with Crippen LogP contribution in [0.4, 0.5) is 0 Å². The molecule has 0 unspecified atom stereocenters. The molecule has 0 saturated heterocycles. The summed E-state index contributed by atoms with van der Waals surface area (Å²) in [6.07, 6.45) is 3.25. The first-order valence-electron chi connectivity index (χ1n) is 2.17. The van der Waals surface area contributed by atoms with E-state index in [-0.39, 0.29) is 0 Å². The number of hydrogen-bond donors (Lipinski definition) is 0. The monoisotopic (exact) mass is 172 g/mol. The highest BCUT2D eigenvalue weighted by Gasteiger charge is 1.91. The fourth-order valence-corrected chi connectivity index (χ4v) is 0.644. The Morgan fingerprint density at radius 3 is 2.75 bits per heavy atom. The highest BCUT2D eigenvalue weighted by atomic mass is 79.9. The average Bonchev–Trinajstić information content (AvgIpc) is 2.12. The second kappa shape index (κ2) is 2.18. The van der Waals surface area contributed by atoms with Gasteiger partial charge in [0.15, 0.2) is 0 Å². The maximum Gasteiger partial charge on any atom is 0.0986 e. The van der Waals surface area contributed by atoms with Crippen LogP contribution in [-0.2, 0) is 0 Å². The number of furan rings is 1. The quantitative estimate of drug-likeness (QED) is 0.636. The molecule has 0 saturated carbocycles. The summed E-state index contributed by atoms with van der Waals surface area (Å²) < 4.78 is 5.64. The van der Waals surface area contributed by atoms with Gasteiger partial charge in [0.1, 0.15) is 0 Å². The Kier molecular flexibility index (Phi) is 1.53. The molecule has 0 radical (unpaired) electrons. The Balaban J connectivity index is 2.93. The van der Waals surface area contributed by atoms with Gasteiger partial charge in [-0.05, 0) is 6.07 Å². The van der Waals surface area contributed by atoms with Crippen LogP contribution < -0.4 is 0 Å². The predicted molar refractivity (Wildman–Crippen MR) is 36.7 cm³/mol. The van der Waals surface area contributed by atoms with E-state index in [1.165, 1.54) is 0 Å². The van der Waals surface area contributed by atoms with Gasteiger partial charge in [-0.15, -0.1) is 0 Å². The zero-order chi connectivity index (χ0) is 5.98. The molecule has 1 heterocycles. The van der Waals surface area contributed by atoms with Crippen molar-refractivity contribution in [1.82, 2.24) is 0 Å². The first-order valence-corrected chi connectivity index (χ1v) is 2.97. The summed E-state index contributed by atoms with van der Waals surface area (Å²) in [4.78, 5) is 0. The fraction of sp³-hybridized carbons (Fsp3) is 0. The molecule has 0 spiro atoms. The number of hydrogen-bond acceptors (Lipinski definition) is 1. The Bertz CT molecular complexity index is 176. The predicted octanol–water partition coefficient (Wildman–Crippen LogP) is 2.65. The van der Waals surface area contributed by atoms with Gasteiger partial charge in [0.05, 0.1) is 12.5 Å². The molecule has 0 aliphatic heterocycles. The van der Waals surface area contributed by atoms with Crippen LogP contribution in [0.2, 0.25) is 0 Å². The van der Waals surface area contributed by atoms with Crippen molar-refractivity contribution in [3.8, 4) is 0 Å². The molecule has 1 aromatic heterocycles. The third-order valence-electron chi connectivity index (χ3n) is 0.834. The van der Waals surface area contributed by atoms with Crippen molar-refractivity contribution >= 4 is 20.4 Å². The minimum Gasteiger partial charge on any atom is -0.472 e. The Morgan fingerprint density at radius 1 is 1.75 bits per heavy atom. The normalized spacial score (nSPS) is 9.12. The largest absolute Gasteiger partial charge is 0.472 e. The third-order valence-corrected chi connectivity index (χ3v) is 1.29. The van der Waals surface area contributed by atoms with Gasteiger partial charge in [-0.2, -0.15) is 0 Å². The lowest BCUT2D eigenvalue weighted by molar-refractivity contribution is 0.567. The summed E-state index contributed by atoms with van der Waals surface area (Å²) in [5.74, 6) is 0. The standard InChI is InChI=1S/C6H5BrO/c1-5(7)6-2-3-8-4-6/h2-4H,1H2. The minimum atomic E-state index is 0.853. The lowest BCUT2D eigenvalue weighted by Gasteiger charge is -1.82.